The smallest absolute Gasteiger partial charge is 0.350 e. The van der Waals surface area contributed by atoms with Gasteiger partial charge in [0.15, 0.2) is 0 Å². The number of ether oxygens (including phenoxy) is 3. The van der Waals surface area contributed by atoms with E-state index >= 15 is 0 Å². The summed E-state index contributed by atoms with van der Waals surface area (Å²) >= 11 is 12.7. The van der Waals surface area contributed by atoms with Crippen LogP contribution in [0.5, 0.6) is 5.75 Å². The molecule has 2 aliphatic rings. The molecule has 256 valence electrons. The number of halogens is 2. The van der Waals surface area contributed by atoms with E-state index in [1.54, 1.807) is 35.7 Å². The van der Waals surface area contributed by atoms with E-state index in [-0.39, 0.29) is 24.4 Å². The van der Waals surface area contributed by atoms with E-state index in [1.807, 2.05) is 44.2 Å². The lowest BCUT2D eigenvalue weighted by Crippen LogP contribution is -2.46. The molecule has 0 bridgehead atoms. The number of hydrogen-bond donors (Lipinski definition) is 0. The highest BCUT2D eigenvalue weighted by Crippen LogP contribution is 2.40. The molecule has 0 N–H and O–H groups in total. The molecule has 15 heteroatoms. The Balaban J connectivity index is 0.925. The zero-order valence-electron chi connectivity index (χ0n) is 27.2. The lowest BCUT2D eigenvalue weighted by molar-refractivity contribution is -0.190. The molecule has 3 atom stereocenters. The van der Waals surface area contributed by atoms with Crippen LogP contribution in [0.4, 0.5) is 11.5 Å². The van der Waals surface area contributed by atoms with Gasteiger partial charge in [0.25, 0.3) is 0 Å². The average Bonchev–Trinajstić information content (AvgIpc) is 3.88. The molecule has 0 saturated carbocycles. The van der Waals surface area contributed by atoms with Gasteiger partial charge in [-0.05, 0) is 61.9 Å². The van der Waals surface area contributed by atoms with Gasteiger partial charge in [-0.3, -0.25) is 0 Å². The number of nitrogens with zero attached hydrogens (tertiary/aromatic N) is 9. The summed E-state index contributed by atoms with van der Waals surface area (Å²) in [6.45, 7) is 8.23. The van der Waals surface area contributed by atoms with Gasteiger partial charge < -0.3 is 24.0 Å². The minimum atomic E-state index is -1.16. The predicted octanol–water partition coefficient (Wildman–Crippen LogP) is 4.97. The Morgan fingerprint density at radius 3 is 2.45 bits per heavy atom. The molecule has 49 heavy (non-hydrogen) atoms. The molecule has 2 saturated heterocycles. The molecule has 2 fully saturated rings. The first-order valence-electron chi connectivity index (χ1n) is 16.3. The highest BCUT2D eigenvalue weighted by molar-refractivity contribution is 6.35. The second kappa shape index (κ2) is 14.2. The summed E-state index contributed by atoms with van der Waals surface area (Å²) in [5, 5.41) is 9.47. The summed E-state index contributed by atoms with van der Waals surface area (Å²) in [4.78, 5) is 26.1. The van der Waals surface area contributed by atoms with E-state index in [4.69, 9.17) is 37.4 Å². The normalized spacial score (nSPS) is 20.1. The quantitative estimate of drug-likeness (QED) is 0.186. The molecular formula is C34H37Cl2N9O4. The van der Waals surface area contributed by atoms with Crippen molar-refractivity contribution in [3.8, 4) is 11.4 Å². The zero-order chi connectivity index (χ0) is 34.0. The first-order chi connectivity index (χ1) is 23.8. The SMILES string of the molecule is CCC(C)n1ncn(-c2ccc(N3CCN(c4ccc(OC[C@@H]5CO[C@@](Cn6cncn6)(c6ccc(Cl)cc6Cl)O5)cc4)CC3)nc2)c1=O. The van der Waals surface area contributed by atoms with Crippen LogP contribution in [-0.4, -0.2) is 79.6 Å². The summed E-state index contributed by atoms with van der Waals surface area (Å²) < 4.78 is 23.5. The third-order valence-corrected chi connectivity index (χ3v) is 9.54. The maximum absolute atomic E-state index is 12.8. The van der Waals surface area contributed by atoms with Crippen molar-refractivity contribution < 1.29 is 14.2 Å². The molecule has 5 heterocycles. The van der Waals surface area contributed by atoms with Crippen LogP contribution < -0.4 is 20.2 Å². The van der Waals surface area contributed by atoms with Gasteiger partial charge in [0, 0.05) is 42.5 Å². The number of piperazine rings is 1. The minimum Gasteiger partial charge on any atom is -0.491 e. The monoisotopic (exact) mass is 705 g/mol. The fraction of sp³-hybridized carbons (Fsp3) is 0.382. The standard InChI is InChI=1S/C34H37Cl2N9O4/c1-3-24(2)45-33(46)44(23-40-45)27-7-11-32(38-17-27)42-14-12-41(13-15-42)26-5-8-28(9-6-26)47-18-29-19-48-34(49-29,20-43-22-37-21-39-43)30-10-4-25(35)16-31(30)36/h4-11,16-17,21-24,29H,3,12-15,18-20H2,1-2H3/t24?,29-,34-/m1/s1. The van der Waals surface area contributed by atoms with Crippen molar-refractivity contribution in [2.45, 2.75) is 44.7 Å². The third kappa shape index (κ3) is 7.02. The molecular weight excluding hydrogens is 669 g/mol. The van der Waals surface area contributed by atoms with Crippen LogP contribution in [0, 0.1) is 0 Å². The Labute approximate surface area is 293 Å². The summed E-state index contributed by atoms with van der Waals surface area (Å²) in [7, 11) is 0. The van der Waals surface area contributed by atoms with Crippen LogP contribution >= 0.6 is 23.2 Å². The van der Waals surface area contributed by atoms with Crippen molar-refractivity contribution in [1.82, 2.24) is 34.1 Å². The van der Waals surface area contributed by atoms with Crippen LogP contribution in [0.3, 0.4) is 0 Å². The van der Waals surface area contributed by atoms with Crippen molar-refractivity contribution >= 4 is 34.7 Å². The van der Waals surface area contributed by atoms with Gasteiger partial charge in [0.1, 0.15) is 49.8 Å². The number of pyridine rings is 1. The Bertz CT molecular complexity index is 1910. The van der Waals surface area contributed by atoms with E-state index in [2.05, 4.69) is 42.1 Å². The summed E-state index contributed by atoms with van der Waals surface area (Å²) in [5.41, 5.74) is 2.33. The molecule has 3 aromatic heterocycles. The van der Waals surface area contributed by atoms with Crippen LogP contribution in [0.2, 0.25) is 10.0 Å². The fourth-order valence-electron chi connectivity index (χ4n) is 6.10. The fourth-order valence-corrected chi connectivity index (χ4v) is 6.65. The van der Waals surface area contributed by atoms with Crippen molar-refractivity contribution in [2.75, 3.05) is 49.2 Å². The van der Waals surface area contributed by atoms with Crippen LogP contribution in [0.15, 0.2) is 84.6 Å². The second-order valence-electron chi connectivity index (χ2n) is 12.2. The van der Waals surface area contributed by atoms with Gasteiger partial charge in [-0.1, -0.05) is 36.2 Å². The number of hydrogen-bond acceptors (Lipinski definition) is 10. The number of aromatic nitrogens is 7. The number of anilines is 2. The molecule has 0 radical (unpaired) electrons. The van der Waals surface area contributed by atoms with Gasteiger partial charge >= 0.3 is 5.69 Å². The minimum absolute atomic E-state index is 0.0441. The van der Waals surface area contributed by atoms with Crippen molar-refractivity contribution in [3.05, 3.63) is 106 Å². The molecule has 1 unspecified atom stereocenters. The highest BCUT2D eigenvalue weighted by atomic mass is 35.5. The van der Waals surface area contributed by atoms with E-state index < -0.39 is 5.79 Å². The topological polar surface area (TPSA) is 118 Å². The van der Waals surface area contributed by atoms with Crippen molar-refractivity contribution in [2.24, 2.45) is 0 Å². The van der Waals surface area contributed by atoms with Crippen molar-refractivity contribution in [3.63, 3.8) is 0 Å². The Hall–Kier alpha value is -4.43. The Morgan fingerprint density at radius 1 is 0.980 bits per heavy atom. The first kappa shape index (κ1) is 33.1. The number of benzene rings is 2. The first-order valence-corrected chi connectivity index (χ1v) is 17.0. The van der Waals surface area contributed by atoms with E-state index in [0.717, 1.165) is 49.9 Å². The van der Waals surface area contributed by atoms with Gasteiger partial charge in [-0.15, -0.1) is 0 Å². The Kier molecular flexibility index (Phi) is 9.59. The summed E-state index contributed by atoms with van der Waals surface area (Å²) in [6.07, 6.45) is 6.85. The molecule has 0 spiro atoms. The predicted molar refractivity (Wildman–Crippen MR) is 186 cm³/mol. The third-order valence-electron chi connectivity index (χ3n) is 8.99. The van der Waals surface area contributed by atoms with Gasteiger partial charge in [0.2, 0.25) is 5.79 Å². The van der Waals surface area contributed by atoms with Crippen LogP contribution in [0.1, 0.15) is 31.9 Å². The zero-order valence-corrected chi connectivity index (χ0v) is 28.7. The maximum atomic E-state index is 12.8. The van der Waals surface area contributed by atoms with Gasteiger partial charge in [0.05, 0.1) is 29.6 Å². The van der Waals surface area contributed by atoms with E-state index in [1.165, 1.54) is 15.6 Å². The van der Waals surface area contributed by atoms with E-state index in [0.29, 0.717) is 34.5 Å². The lowest BCUT2D eigenvalue weighted by Gasteiger charge is -2.36. The van der Waals surface area contributed by atoms with Gasteiger partial charge in [-0.25, -0.2) is 28.7 Å². The maximum Gasteiger partial charge on any atom is 0.350 e. The summed E-state index contributed by atoms with van der Waals surface area (Å²) in [5.74, 6) is 0.461. The molecule has 0 aliphatic carbocycles. The van der Waals surface area contributed by atoms with Gasteiger partial charge in [-0.2, -0.15) is 10.2 Å². The van der Waals surface area contributed by atoms with Crippen LogP contribution in [0.25, 0.3) is 5.69 Å². The average molecular weight is 707 g/mol. The molecule has 2 aliphatic heterocycles. The number of rotatable bonds is 11. The molecule has 0 amide bonds. The second-order valence-corrected chi connectivity index (χ2v) is 13.0. The van der Waals surface area contributed by atoms with Crippen molar-refractivity contribution in [1.29, 1.82) is 0 Å². The van der Waals surface area contributed by atoms with E-state index in [9.17, 15) is 4.79 Å². The highest BCUT2D eigenvalue weighted by Gasteiger charge is 2.45. The molecule has 13 nitrogen and oxygen atoms in total. The molecule has 5 aromatic rings. The molecule has 2 aromatic carbocycles. The van der Waals surface area contributed by atoms with Crippen LogP contribution in [-0.2, 0) is 21.8 Å². The lowest BCUT2D eigenvalue weighted by atomic mass is 10.1. The largest absolute Gasteiger partial charge is 0.491 e. The Morgan fingerprint density at radius 2 is 1.76 bits per heavy atom. The summed E-state index contributed by atoms with van der Waals surface area (Å²) in [6, 6.07) is 17.3. The molecule has 7 rings (SSSR count).